The summed E-state index contributed by atoms with van der Waals surface area (Å²) >= 11 is 1.19. The van der Waals surface area contributed by atoms with Crippen molar-refractivity contribution in [1.82, 2.24) is 10.3 Å². The first kappa shape index (κ1) is 20.5. The molecule has 6 nitrogen and oxygen atoms in total. The Hall–Kier alpha value is -2.85. The molecule has 2 aromatic rings. The van der Waals surface area contributed by atoms with Gasteiger partial charge < -0.3 is 10.1 Å². The zero-order valence-corrected chi connectivity index (χ0v) is 16.5. The number of ketones is 1. The molecule has 0 radical (unpaired) electrons. The van der Waals surface area contributed by atoms with Crippen molar-refractivity contribution in [2.75, 3.05) is 7.11 Å². The summed E-state index contributed by atoms with van der Waals surface area (Å²) in [6, 6.07) is 11.1. The Morgan fingerprint density at radius 1 is 1.37 bits per heavy atom. The van der Waals surface area contributed by atoms with Gasteiger partial charge in [-0.3, -0.25) is 9.59 Å². The highest BCUT2D eigenvalue weighted by Gasteiger charge is 2.19. The zero-order valence-electron chi connectivity index (χ0n) is 15.7. The lowest BCUT2D eigenvalue weighted by atomic mass is 10.1. The number of amides is 1. The van der Waals surface area contributed by atoms with Gasteiger partial charge in [0.25, 0.3) is 0 Å². The normalized spacial score (nSPS) is 11.4. The smallest absolute Gasteiger partial charge is 0.233 e. The van der Waals surface area contributed by atoms with Crippen LogP contribution < -0.4 is 10.1 Å². The van der Waals surface area contributed by atoms with Gasteiger partial charge in [0.05, 0.1) is 17.9 Å². The Morgan fingerprint density at radius 2 is 2.07 bits per heavy atom. The van der Waals surface area contributed by atoms with Crippen molar-refractivity contribution in [3.63, 3.8) is 0 Å². The monoisotopic (exact) mass is 383 g/mol. The van der Waals surface area contributed by atoms with E-state index in [-0.39, 0.29) is 11.7 Å². The number of nitriles is 1. The summed E-state index contributed by atoms with van der Waals surface area (Å²) in [5.74, 6) is 0.391. The van der Waals surface area contributed by atoms with Gasteiger partial charge in [-0.2, -0.15) is 5.26 Å². The molecule has 0 aliphatic rings. The van der Waals surface area contributed by atoms with E-state index in [1.54, 1.807) is 21.0 Å². The minimum Gasteiger partial charge on any atom is -0.496 e. The van der Waals surface area contributed by atoms with E-state index in [1.165, 1.54) is 24.8 Å². The van der Waals surface area contributed by atoms with Crippen LogP contribution in [-0.2, 0) is 11.3 Å². The molecule has 0 aliphatic heterocycles. The molecule has 0 bridgehead atoms. The highest BCUT2D eigenvalue weighted by atomic mass is 32.2. The summed E-state index contributed by atoms with van der Waals surface area (Å²) in [4.78, 5) is 28.4. The summed E-state index contributed by atoms with van der Waals surface area (Å²) in [6.07, 6.45) is 0. The first-order valence-electron chi connectivity index (χ1n) is 8.36. The molecule has 0 saturated carbocycles. The molecule has 0 spiro atoms. The predicted octanol–water partition coefficient (Wildman–Crippen LogP) is 3.27. The number of aromatic nitrogens is 1. The Bertz CT molecular complexity index is 906. The van der Waals surface area contributed by atoms with Crippen LogP contribution in [0.15, 0.2) is 35.4 Å². The van der Waals surface area contributed by atoms with Crippen LogP contribution in [0.25, 0.3) is 0 Å². The molecular weight excluding hydrogens is 362 g/mol. The van der Waals surface area contributed by atoms with Gasteiger partial charge in [0, 0.05) is 23.4 Å². The third-order valence-electron chi connectivity index (χ3n) is 3.98. The second-order valence-electron chi connectivity index (χ2n) is 5.93. The maximum absolute atomic E-state index is 12.4. The molecule has 1 atom stereocenters. The number of nitrogens with one attached hydrogen (secondary N) is 1. The number of Topliss-reactive ketones (excluding diaryl/α,β-unsaturated/α-hetero) is 1. The Labute approximate surface area is 162 Å². The van der Waals surface area contributed by atoms with Crippen molar-refractivity contribution in [2.24, 2.45) is 0 Å². The highest BCUT2D eigenvalue weighted by molar-refractivity contribution is 8.00. The van der Waals surface area contributed by atoms with Crippen LogP contribution in [0.4, 0.5) is 0 Å². The van der Waals surface area contributed by atoms with Gasteiger partial charge in [-0.1, -0.05) is 30.0 Å². The second-order valence-corrected chi connectivity index (χ2v) is 7.26. The van der Waals surface area contributed by atoms with Gasteiger partial charge in [0.15, 0.2) is 5.78 Å². The van der Waals surface area contributed by atoms with Crippen LogP contribution in [0.1, 0.15) is 41.0 Å². The van der Waals surface area contributed by atoms with Crippen molar-refractivity contribution >= 4 is 23.5 Å². The number of hydrogen-bond donors (Lipinski definition) is 1. The fraction of sp³-hybridized carbons (Fsp3) is 0.300. The molecule has 1 N–H and O–H groups in total. The van der Waals surface area contributed by atoms with Gasteiger partial charge in [0.1, 0.15) is 16.8 Å². The molecule has 1 amide bonds. The average Bonchev–Trinajstić information content (AvgIpc) is 2.66. The number of para-hydroxylation sites is 1. The lowest BCUT2D eigenvalue weighted by Crippen LogP contribution is -2.30. The summed E-state index contributed by atoms with van der Waals surface area (Å²) in [6.45, 7) is 5.24. The van der Waals surface area contributed by atoms with Crippen molar-refractivity contribution < 1.29 is 14.3 Å². The third-order valence-corrected chi connectivity index (χ3v) is 5.08. The molecular formula is C20H21N3O3S. The number of hydrogen-bond acceptors (Lipinski definition) is 6. The number of nitrogens with zero attached hydrogens (tertiary/aromatic N) is 2. The molecule has 1 unspecified atom stereocenters. The summed E-state index contributed by atoms with van der Waals surface area (Å²) in [5.41, 5.74) is 2.14. The molecule has 1 aromatic heterocycles. The van der Waals surface area contributed by atoms with Gasteiger partial charge in [-0.05, 0) is 32.9 Å². The number of rotatable bonds is 7. The van der Waals surface area contributed by atoms with E-state index in [4.69, 9.17) is 4.74 Å². The second kappa shape index (κ2) is 9.19. The number of methoxy groups -OCH3 is 1. The molecule has 1 heterocycles. The van der Waals surface area contributed by atoms with E-state index in [0.717, 1.165) is 5.56 Å². The topological polar surface area (TPSA) is 92.1 Å². The lowest BCUT2D eigenvalue weighted by molar-refractivity contribution is -0.120. The Balaban J connectivity index is 2.09. The van der Waals surface area contributed by atoms with E-state index in [9.17, 15) is 14.9 Å². The standard InChI is InChI=1S/C20H21N3O3S/c1-12-17(13(2)24)9-16(10-21)20(23-12)27-14(3)19(25)22-11-15-7-5-6-8-18(15)26-4/h5-9,14H,11H2,1-4H3,(H,22,25). The number of carbonyl (C=O) groups is 2. The van der Waals surface area contributed by atoms with Crippen molar-refractivity contribution in [3.8, 4) is 11.8 Å². The fourth-order valence-corrected chi connectivity index (χ4v) is 3.45. The van der Waals surface area contributed by atoms with E-state index in [0.29, 0.717) is 34.1 Å². The number of ether oxygens (including phenoxy) is 1. The van der Waals surface area contributed by atoms with Gasteiger partial charge >= 0.3 is 0 Å². The third kappa shape index (κ3) is 5.08. The van der Waals surface area contributed by atoms with Gasteiger partial charge in [0.2, 0.25) is 5.91 Å². The van der Waals surface area contributed by atoms with Crippen molar-refractivity contribution in [3.05, 3.63) is 52.7 Å². The molecule has 0 aliphatic carbocycles. The van der Waals surface area contributed by atoms with E-state index in [1.807, 2.05) is 24.3 Å². The number of thioether (sulfide) groups is 1. The van der Waals surface area contributed by atoms with Crippen LogP contribution in [0.5, 0.6) is 5.75 Å². The number of carbonyl (C=O) groups excluding carboxylic acids is 2. The maximum Gasteiger partial charge on any atom is 0.233 e. The number of aryl methyl sites for hydroxylation is 1. The van der Waals surface area contributed by atoms with Gasteiger partial charge in [-0.15, -0.1) is 0 Å². The average molecular weight is 383 g/mol. The molecule has 0 fully saturated rings. The van der Waals surface area contributed by atoms with Crippen LogP contribution >= 0.6 is 11.8 Å². The molecule has 2 rings (SSSR count). The molecule has 7 heteroatoms. The maximum atomic E-state index is 12.4. The Morgan fingerprint density at radius 3 is 2.70 bits per heavy atom. The molecule has 1 aromatic carbocycles. The van der Waals surface area contributed by atoms with Crippen LogP contribution in [0.3, 0.4) is 0 Å². The minimum absolute atomic E-state index is 0.143. The Kier molecular flexibility index (Phi) is 6.97. The van der Waals surface area contributed by atoms with Crippen LogP contribution in [0, 0.1) is 18.3 Å². The zero-order chi connectivity index (χ0) is 20.0. The number of benzene rings is 1. The minimum atomic E-state index is -0.457. The quantitative estimate of drug-likeness (QED) is 0.583. The molecule has 0 saturated heterocycles. The highest BCUT2D eigenvalue weighted by Crippen LogP contribution is 2.27. The largest absolute Gasteiger partial charge is 0.496 e. The molecule has 27 heavy (non-hydrogen) atoms. The van der Waals surface area contributed by atoms with Crippen LogP contribution in [0.2, 0.25) is 0 Å². The van der Waals surface area contributed by atoms with Crippen LogP contribution in [-0.4, -0.2) is 29.0 Å². The van der Waals surface area contributed by atoms with Crippen molar-refractivity contribution in [1.29, 1.82) is 5.26 Å². The summed E-state index contributed by atoms with van der Waals surface area (Å²) in [7, 11) is 1.58. The van der Waals surface area contributed by atoms with E-state index < -0.39 is 5.25 Å². The summed E-state index contributed by atoms with van der Waals surface area (Å²) < 4.78 is 5.28. The van der Waals surface area contributed by atoms with E-state index in [2.05, 4.69) is 16.4 Å². The van der Waals surface area contributed by atoms with Gasteiger partial charge in [-0.25, -0.2) is 4.98 Å². The SMILES string of the molecule is COc1ccccc1CNC(=O)C(C)Sc1nc(C)c(C(C)=O)cc1C#N. The van der Waals surface area contributed by atoms with E-state index >= 15 is 0 Å². The first-order chi connectivity index (χ1) is 12.9. The lowest BCUT2D eigenvalue weighted by Gasteiger charge is -2.14. The fourth-order valence-electron chi connectivity index (χ4n) is 2.51. The molecule has 140 valence electrons. The number of pyridine rings is 1. The van der Waals surface area contributed by atoms with Crippen molar-refractivity contribution in [2.45, 2.75) is 37.6 Å². The summed E-state index contributed by atoms with van der Waals surface area (Å²) in [5, 5.41) is 12.2. The first-order valence-corrected chi connectivity index (χ1v) is 9.24. The predicted molar refractivity (Wildman–Crippen MR) is 104 cm³/mol.